The number of nitrogens with zero attached hydrogens (tertiary/aromatic N) is 1. The van der Waals surface area contributed by atoms with E-state index in [1.807, 2.05) is 64.1 Å². The molecule has 2 amide bonds. The van der Waals surface area contributed by atoms with Crippen LogP contribution in [0.3, 0.4) is 0 Å². The van der Waals surface area contributed by atoms with Crippen molar-refractivity contribution in [3.05, 3.63) is 70.3 Å². The largest absolute Gasteiger partial charge is 0.352 e. The highest BCUT2D eigenvalue weighted by Crippen LogP contribution is 2.17. The molecule has 4 heteroatoms. The fraction of sp³-hybridized carbons (Fsp3) is 0.440. The van der Waals surface area contributed by atoms with E-state index in [4.69, 9.17) is 0 Å². The average molecular weight is 395 g/mol. The lowest BCUT2D eigenvalue weighted by atomic mass is 10.0. The fourth-order valence-corrected chi connectivity index (χ4v) is 3.21. The van der Waals surface area contributed by atoms with Gasteiger partial charge in [-0.3, -0.25) is 9.59 Å². The van der Waals surface area contributed by atoms with Gasteiger partial charge in [0.2, 0.25) is 11.8 Å². The zero-order chi connectivity index (χ0) is 21.6. The van der Waals surface area contributed by atoms with Crippen LogP contribution in [0.25, 0.3) is 0 Å². The van der Waals surface area contributed by atoms with Gasteiger partial charge in [0.25, 0.3) is 0 Å². The van der Waals surface area contributed by atoms with E-state index < -0.39 is 6.04 Å². The maximum Gasteiger partial charge on any atom is 0.242 e. The molecule has 1 N–H and O–H groups in total. The Morgan fingerprint density at radius 2 is 1.66 bits per heavy atom. The third kappa shape index (κ3) is 6.18. The Kier molecular flexibility index (Phi) is 8.00. The van der Waals surface area contributed by atoms with Gasteiger partial charge in [0, 0.05) is 12.6 Å². The van der Waals surface area contributed by atoms with Gasteiger partial charge in [-0.15, -0.1) is 0 Å². The number of carbonyl (C=O) groups excluding carboxylic acids is 2. The van der Waals surface area contributed by atoms with Gasteiger partial charge in [-0.2, -0.15) is 0 Å². The molecule has 0 bridgehead atoms. The number of hydrogen-bond donors (Lipinski definition) is 1. The van der Waals surface area contributed by atoms with E-state index >= 15 is 0 Å². The molecule has 2 aromatic rings. The minimum Gasteiger partial charge on any atom is -0.352 e. The topological polar surface area (TPSA) is 49.4 Å². The first-order valence-electron chi connectivity index (χ1n) is 10.4. The Morgan fingerprint density at radius 1 is 0.966 bits per heavy atom. The van der Waals surface area contributed by atoms with Gasteiger partial charge in [0.15, 0.2) is 0 Å². The van der Waals surface area contributed by atoms with E-state index in [1.54, 1.807) is 4.90 Å². The lowest BCUT2D eigenvalue weighted by Crippen LogP contribution is -2.50. The highest BCUT2D eigenvalue weighted by molar-refractivity contribution is 5.88. The Hall–Kier alpha value is -2.62. The summed E-state index contributed by atoms with van der Waals surface area (Å²) < 4.78 is 0. The molecule has 0 aliphatic rings. The van der Waals surface area contributed by atoms with Gasteiger partial charge in [-0.25, -0.2) is 0 Å². The van der Waals surface area contributed by atoms with Gasteiger partial charge in [-0.05, 0) is 68.9 Å². The molecule has 156 valence electrons. The van der Waals surface area contributed by atoms with Crippen molar-refractivity contribution in [2.75, 3.05) is 0 Å². The van der Waals surface area contributed by atoms with Crippen molar-refractivity contribution in [3.63, 3.8) is 0 Å². The molecule has 2 atom stereocenters. The van der Waals surface area contributed by atoms with Crippen molar-refractivity contribution < 1.29 is 9.59 Å². The van der Waals surface area contributed by atoms with Crippen LogP contribution in [0, 0.1) is 20.8 Å². The van der Waals surface area contributed by atoms with Crippen LogP contribution in [0.5, 0.6) is 0 Å². The van der Waals surface area contributed by atoms with Crippen molar-refractivity contribution >= 4 is 11.8 Å². The highest BCUT2D eigenvalue weighted by atomic mass is 16.2. The van der Waals surface area contributed by atoms with Crippen molar-refractivity contribution in [1.29, 1.82) is 0 Å². The highest BCUT2D eigenvalue weighted by Gasteiger charge is 2.27. The number of amides is 2. The molecule has 0 saturated carbocycles. The predicted molar refractivity (Wildman–Crippen MR) is 119 cm³/mol. The minimum absolute atomic E-state index is 0.0386. The molecule has 2 rings (SSSR count). The molecule has 0 unspecified atom stereocenters. The molecule has 0 fully saturated rings. The second kappa shape index (κ2) is 10.2. The lowest BCUT2D eigenvalue weighted by molar-refractivity contribution is -0.140. The van der Waals surface area contributed by atoms with Gasteiger partial charge in [-0.1, -0.05) is 49.4 Å². The van der Waals surface area contributed by atoms with E-state index in [2.05, 4.69) is 25.2 Å². The number of rotatable bonds is 8. The number of nitrogens with one attached hydrogen (secondary N) is 1. The summed E-state index contributed by atoms with van der Waals surface area (Å²) in [6.45, 7) is 12.4. The number of hydrogen-bond acceptors (Lipinski definition) is 2. The Labute approximate surface area is 175 Å². The Bertz CT molecular complexity index is 860. The molecule has 0 saturated heterocycles. The molecule has 29 heavy (non-hydrogen) atoms. The minimum atomic E-state index is -0.539. The van der Waals surface area contributed by atoms with Crippen LogP contribution in [0.2, 0.25) is 0 Å². The lowest BCUT2D eigenvalue weighted by Gasteiger charge is -2.30. The van der Waals surface area contributed by atoms with Gasteiger partial charge in [0.05, 0.1) is 6.42 Å². The predicted octanol–water partition coefficient (Wildman–Crippen LogP) is 4.49. The van der Waals surface area contributed by atoms with Crippen LogP contribution in [0.15, 0.2) is 42.5 Å². The number of aryl methyl sites for hydroxylation is 3. The summed E-state index contributed by atoms with van der Waals surface area (Å²) in [5.74, 6) is -0.148. The number of carbonyl (C=O) groups is 2. The standard InChI is InChI=1S/C25H34N2O2/c1-7-20(5)26-25(29)21(6)27(16-23-11-9-8-10-18(23)3)24(28)15-22-13-12-17(2)19(4)14-22/h8-14,20-21H,7,15-16H2,1-6H3,(H,26,29)/t20-,21-/m0/s1. The van der Waals surface area contributed by atoms with E-state index in [1.165, 1.54) is 11.1 Å². The second-order valence-corrected chi connectivity index (χ2v) is 8.04. The molecular weight excluding hydrogens is 360 g/mol. The van der Waals surface area contributed by atoms with Crippen molar-refractivity contribution in [3.8, 4) is 0 Å². The van der Waals surface area contributed by atoms with Gasteiger partial charge >= 0.3 is 0 Å². The van der Waals surface area contributed by atoms with Gasteiger partial charge < -0.3 is 10.2 Å². The molecule has 0 heterocycles. The first-order valence-corrected chi connectivity index (χ1v) is 10.4. The summed E-state index contributed by atoms with van der Waals surface area (Å²) in [6, 6.07) is 13.7. The van der Waals surface area contributed by atoms with Crippen LogP contribution < -0.4 is 5.32 Å². The van der Waals surface area contributed by atoms with E-state index in [-0.39, 0.29) is 24.3 Å². The average Bonchev–Trinajstić information content (AvgIpc) is 2.69. The van der Waals surface area contributed by atoms with Crippen LogP contribution in [0.1, 0.15) is 55.0 Å². The summed E-state index contributed by atoms with van der Waals surface area (Å²) in [6.07, 6.45) is 1.14. The summed E-state index contributed by atoms with van der Waals surface area (Å²) >= 11 is 0. The number of benzene rings is 2. The zero-order valence-electron chi connectivity index (χ0n) is 18.6. The zero-order valence-corrected chi connectivity index (χ0v) is 18.6. The van der Waals surface area contributed by atoms with E-state index in [0.717, 1.165) is 23.1 Å². The molecule has 0 aromatic heterocycles. The van der Waals surface area contributed by atoms with Crippen LogP contribution in [0.4, 0.5) is 0 Å². The molecular formula is C25H34N2O2. The summed E-state index contributed by atoms with van der Waals surface area (Å²) in [5.41, 5.74) is 5.53. The third-order valence-electron chi connectivity index (χ3n) is 5.70. The molecule has 0 spiro atoms. The first-order chi connectivity index (χ1) is 13.7. The van der Waals surface area contributed by atoms with Crippen molar-refractivity contribution in [1.82, 2.24) is 10.2 Å². The Morgan fingerprint density at radius 3 is 2.28 bits per heavy atom. The molecule has 4 nitrogen and oxygen atoms in total. The fourth-order valence-electron chi connectivity index (χ4n) is 3.21. The SMILES string of the molecule is CC[C@H](C)NC(=O)[C@H](C)N(Cc1ccccc1C)C(=O)Cc1ccc(C)c(C)c1. The summed E-state index contributed by atoms with van der Waals surface area (Å²) in [4.78, 5) is 27.8. The van der Waals surface area contributed by atoms with E-state index in [0.29, 0.717) is 6.54 Å². The quantitative estimate of drug-likeness (QED) is 0.717. The third-order valence-corrected chi connectivity index (χ3v) is 5.70. The maximum absolute atomic E-state index is 13.3. The normalized spacial score (nSPS) is 12.9. The molecule has 0 aliphatic heterocycles. The Balaban J connectivity index is 2.27. The molecule has 0 aliphatic carbocycles. The van der Waals surface area contributed by atoms with Crippen molar-refractivity contribution in [2.24, 2.45) is 0 Å². The molecule has 2 aromatic carbocycles. The van der Waals surface area contributed by atoms with Crippen LogP contribution >= 0.6 is 0 Å². The van der Waals surface area contributed by atoms with Crippen LogP contribution in [-0.4, -0.2) is 28.8 Å². The summed E-state index contributed by atoms with van der Waals surface area (Å²) in [5, 5.41) is 3.01. The van der Waals surface area contributed by atoms with E-state index in [9.17, 15) is 9.59 Å². The molecule has 0 radical (unpaired) electrons. The van der Waals surface area contributed by atoms with Crippen LogP contribution in [-0.2, 0) is 22.6 Å². The van der Waals surface area contributed by atoms with Gasteiger partial charge in [0.1, 0.15) is 6.04 Å². The maximum atomic E-state index is 13.3. The van der Waals surface area contributed by atoms with Crippen molar-refractivity contribution in [2.45, 2.75) is 73.0 Å². The monoisotopic (exact) mass is 394 g/mol. The second-order valence-electron chi connectivity index (χ2n) is 8.04. The first kappa shape index (κ1) is 22.7. The summed E-state index contributed by atoms with van der Waals surface area (Å²) in [7, 11) is 0. The smallest absolute Gasteiger partial charge is 0.242 e.